The summed E-state index contributed by atoms with van der Waals surface area (Å²) in [6.07, 6.45) is -4.50. The van der Waals surface area contributed by atoms with Crippen LogP contribution in [0.3, 0.4) is 0 Å². The lowest BCUT2D eigenvalue weighted by Gasteiger charge is -2.13. The molecule has 11 nitrogen and oxygen atoms in total. The van der Waals surface area contributed by atoms with E-state index in [0.717, 1.165) is 24.3 Å². The van der Waals surface area contributed by atoms with Crippen molar-refractivity contribution < 1.29 is 36.0 Å². The Morgan fingerprint density at radius 1 is 1.28 bits per heavy atom. The second-order valence-corrected chi connectivity index (χ2v) is 6.84. The first-order valence-corrected chi connectivity index (χ1v) is 9.07. The third kappa shape index (κ3) is 5.35. The van der Waals surface area contributed by atoms with Crippen LogP contribution in [0.1, 0.15) is 23.0 Å². The van der Waals surface area contributed by atoms with Gasteiger partial charge in [0.05, 0.1) is 16.4 Å². The van der Waals surface area contributed by atoms with Gasteiger partial charge in [0.15, 0.2) is 5.69 Å². The second kappa shape index (κ2) is 8.36. The zero-order valence-corrected chi connectivity index (χ0v) is 15.2. The first kappa shape index (κ1) is 22.0. The summed E-state index contributed by atoms with van der Waals surface area (Å²) in [7, 11) is -4.32. The van der Waals surface area contributed by atoms with Crippen LogP contribution in [0.5, 0.6) is 0 Å². The Kier molecular flexibility index (Phi) is 6.33. The van der Waals surface area contributed by atoms with Gasteiger partial charge in [0.2, 0.25) is 5.95 Å². The Bertz CT molecular complexity index is 1030. The van der Waals surface area contributed by atoms with Crippen molar-refractivity contribution in [1.29, 1.82) is 0 Å². The zero-order chi connectivity index (χ0) is 21.8. The number of nitro benzene ring substituents is 1. The molecule has 0 bridgehead atoms. The van der Waals surface area contributed by atoms with E-state index < -0.39 is 49.2 Å². The minimum atomic E-state index is -5.04. The molecule has 0 saturated carbocycles. The average molecular weight is 435 g/mol. The van der Waals surface area contributed by atoms with Crippen molar-refractivity contribution in [1.82, 2.24) is 14.8 Å². The van der Waals surface area contributed by atoms with E-state index in [1.165, 1.54) is 6.92 Å². The monoisotopic (exact) mass is 435 g/mol. The number of rotatable bonds is 7. The van der Waals surface area contributed by atoms with Crippen molar-refractivity contribution in [2.75, 3.05) is 12.0 Å². The van der Waals surface area contributed by atoms with Crippen LogP contribution in [0.4, 0.5) is 24.8 Å². The number of anilines is 1. The summed E-state index contributed by atoms with van der Waals surface area (Å²) in [6.45, 7) is 1.22. The molecule has 0 spiro atoms. The molecule has 2 aromatic rings. The minimum absolute atomic E-state index is 0.175. The van der Waals surface area contributed by atoms with Gasteiger partial charge in [-0.25, -0.2) is 23.2 Å². The van der Waals surface area contributed by atoms with E-state index in [1.54, 1.807) is 4.83 Å². The fourth-order valence-corrected chi connectivity index (χ4v) is 2.77. The molecule has 1 heterocycles. The number of hydrazine groups is 1. The lowest BCUT2D eigenvalue weighted by Crippen LogP contribution is -2.31. The number of nitrogens with zero attached hydrogens (tertiary/aromatic N) is 3. The number of hydrogen-bond donors (Lipinski definition) is 2. The van der Waals surface area contributed by atoms with Crippen molar-refractivity contribution in [3.8, 4) is 0 Å². The van der Waals surface area contributed by atoms with E-state index in [-0.39, 0.29) is 12.3 Å². The lowest BCUT2D eigenvalue weighted by atomic mass is 10.2. The number of alkyl halides is 3. The van der Waals surface area contributed by atoms with Crippen LogP contribution >= 0.6 is 0 Å². The van der Waals surface area contributed by atoms with Crippen LogP contribution in [-0.2, 0) is 20.9 Å². The van der Waals surface area contributed by atoms with Crippen LogP contribution in [0, 0.1) is 10.1 Å². The largest absolute Gasteiger partial charge is 0.462 e. The van der Waals surface area contributed by atoms with Gasteiger partial charge in [0.1, 0.15) is 5.56 Å². The van der Waals surface area contributed by atoms with Gasteiger partial charge in [0.25, 0.3) is 15.7 Å². The molecule has 29 heavy (non-hydrogen) atoms. The van der Waals surface area contributed by atoms with Crippen LogP contribution in [-0.4, -0.2) is 35.9 Å². The number of carbonyl (C=O) groups is 1. The van der Waals surface area contributed by atoms with Crippen molar-refractivity contribution in [2.45, 2.75) is 18.0 Å². The molecule has 0 unspecified atom stereocenters. The van der Waals surface area contributed by atoms with Crippen LogP contribution in [0.25, 0.3) is 0 Å². The molecule has 0 amide bonds. The SMILES string of the molecule is CCOC(=O)c1cnc(NNS(=O)(=O)c2ccc([N+](=O)[O-])cc2)nc1C(F)(F)F. The number of non-ortho nitro benzene ring substituents is 1. The van der Waals surface area contributed by atoms with Gasteiger partial charge in [-0.2, -0.15) is 13.2 Å². The number of benzene rings is 1. The molecule has 0 aliphatic rings. The molecule has 1 aromatic heterocycles. The van der Waals surface area contributed by atoms with Crippen molar-refractivity contribution in [2.24, 2.45) is 0 Å². The molecule has 0 aliphatic heterocycles. The smallest absolute Gasteiger partial charge is 0.434 e. The predicted octanol–water partition coefficient (Wildman–Crippen LogP) is 1.89. The molecule has 0 radical (unpaired) electrons. The molecule has 15 heteroatoms. The second-order valence-electron chi connectivity index (χ2n) is 5.16. The van der Waals surface area contributed by atoms with Gasteiger partial charge in [-0.3, -0.25) is 15.5 Å². The number of aromatic nitrogens is 2. The molecule has 2 N–H and O–H groups in total. The normalized spacial score (nSPS) is 11.7. The molecule has 0 fully saturated rings. The molecule has 0 saturated heterocycles. The highest BCUT2D eigenvalue weighted by molar-refractivity contribution is 7.89. The van der Waals surface area contributed by atoms with Crippen LogP contribution < -0.4 is 10.3 Å². The van der Waals surface area contributed by atoms with Crippen molar-refractivity contribution in [3.05, 3.63) is 51.8 Å². The quantitative estimate of drug-likeness (QED) is 0.377. The van der Waals surface area contributed by atoms with E-state index in [9.17, 15) is 36.5 Å². The molecule has 156 valence electrons. The number of carbonyl (C=O) groups excluding carboxylic acids is 1. The third-order valence-electron chi connectivity index (χ3n) is 3.21. The number of esters is 1. The van der Waals surface area contributed by atoms with E-state index in [0.29, 0.717) is 6.20 Å². The van der Waals surface area contributed by atoms with E-state index in [4.69, 9.17) is 0 Å². The first-order chi connectivity index (χ1) is 13.5. The lowest BCUT2D eigenvalue weighted by molar-refractivity contribution is -0.384. The average Bonchev–Trinajstić information content (AvgIpc) is 2.66. The molecular weight excluding hydrogens is 423 g/mol. The maximum atomic E-state index is 13.2. The van der Waals surface area contributed by atoms with Gasteiger partial charge >= 0.3 is 12.1 Å². The maximum absolute atomic E-state index is 13.2. The number of nitro groups is 1. The number of hydrogen-bond acceptors (Lipinski definition) is 9. The maximum Gasteiger partial charge on any atom is 0.434 e. The highest BCUT2D eigenvalue weighted by atomic mass is 32.2. The molecule has 2 rings (SSSR count). The van der Waals surface area contributed by atoms with Gasteiger partial charge in [0, 0.05) is 18.3 Å². The topological polar surface area (TPSA) is 153 Å². The van der Waals surface area contributed by atoms with Gasteiger partial charge in [-0.1, -0.05) is 0 Å². The highest BCUT2D eigenvalue weighted by Gasteiger charge is 2.38. The Labute approximate surface area is 161 Å². The van der Waals surface area contributed by atoms with Gasteiger partial charge < -0.3 is 4.74 Å². The molecule has 0 aliphatic carbocycles. The number of sulfonamides is 1. The number of nitrogens with one attached hydrogen (secondary N) is 2. The Balaban J connectivity index is 2.25. The van der Waals surface area contributed by atoms with Gasteiger partial charge in [-0.15, -0.1) is 4.83 Å². The summed E-state index contributed by atoms with van der Waals surface area (Å²) in [4.78, 5) is 29.4. The predicted molar refractivity (Wildman–Crippen MR) is 90.0 cm³/mol. The standard InChI is InChI=1S/C14H12F3N5O6S/c1-2-28-12(23)10-7-18-13(19-11(10)14(15,16)17)20-21-29(26,27)9-5-3-8(4-6-9)22(24)25/h3-7,21H,2H2,1H3,(H,18,19,20). The Morgan fingerprint density at radius 2 is 1.90 bits per heavy atom. The Morgan fingerprint density at radius 3 is 2.41 bits per heavy atom. The fourth-order valence-electron chi connectivity index (χ4n) is 1.94. The summed E-state index contributed by atoms with van der Waals surface area (Å²) in [5.41, 5.74) is -1.04. The van der Waals surface area contributed by atoms with Crippen LogP contribution in [0.2, 0.25) is 0 Å². The fraction of sp³-hybridized carbons (Fsp3) is 0.214. The van der Waals surface area contributed by atoms with E-state index in [2.05, 4.69) is 14.7 Å². The van der Waals surface area contributed by atoms with E-state index >= 15 is 0 Å². The Hall–Kier alpha value is -3.33. The molecule has 1 aromatic carbocycles. The summed E-state index contributed by atoms with van der Waals surface area (Å²) < 4.78 is 68.2. The number of halogens is 3. The molecule has 0 atom stereocenters. The minimum Gasteiger partial charge on any atom is -0.462 e. The van der Waals surface area contributed by atoms with Crippen molar-refractivity contribution in [3.63, 3.8) is 0 Å². The van der Waals surface area contributed by atoms with E-state index in [1.807, 2.05) is 5.43 Å². The number of ether oxygens (including phenoxy) is 1. The summed E-state index contributed by atoms with van der Waals surface area (Å²) in [5.74, 6) is -2.09. The van der Waals surface area contributed by atoms with Crippen LogP contribution in [0.15, 0.2) is 35.4 Å². The van der Waals surface area contributed by atoms with Crippen molar-refractivity contribution >= 4 is 27.6 Å². The highest BCUT2D eigenvalue weighted by Crippen LogP contribution is 2.31. The zero-order valence-electron chi connectivity index (χ0n) is 14.4. The molecular formula is C14H12F3N5O6S. The van der Waals surface area contributed by atoms with Gasteiger partial charge in [-0.05, 0) is 19.1 Å². The summed E-state index contributed by atoms with van der Waals surface area (Å²) in [6, 6.07) is 3.71. The summed E-state index contributed by atoms with van der Waals surface area (Å²) >= 11 is 0. The first-order valence-electron chi connectivity index (χ1n) is 7.59. The summed E-state index contributed by atoms with van der Waals surface area (Å²) in [5, 5.41) is 10.6. The third-order valence-corrected chi connectivity index (χ3v) is 4.47.